The lowest BCUT2D eigenvalue weighted by Crippen LogP contribution is -2.07. The van der Waals surface area contributed by atoms with Crippen LogP contribution in [0.15, 0.2) is 23.4 Å². The Balaban J connectivity index is 4.79. The number of nitriles is 1. The number of ether oxygens (including phenoxy) is 1. The van der Waals surface area contributed by atoms with Crippen LogP contribution in [0.1, 0.15) is 13.8 Å². The number of rotatable bonds is 3. The molecule has 0 saturated carbocycles. The van der Waals surface area contributed by atoms with Crippen molar-refractivity contribution in [3.63, 3.8) is 0 Å². The fourth-order valence-electron chi connectivity index (χ4n) is 0.726. The summed E-state index contributed by atoms with van der Waals surface area (Å²) >= 11 is 0. The van der Waals surface area contributed by atoms with Gasteiger partial charge in [-0.3, -0.25) is 0 Å². The van der Waals surface area contributed by atoms with Gasteiger partial charge in [0, 0.05) is 0 Å². The highest BCUT2D eigenvalue weighted by molar-refractivity contribution is 5.94. The van der Waals surface area contributed by atoms with Crippen molar-refractivity contribution in [2.24, 2.45) is 5.73 Å². The molecule has 0 aliphatic heterocycles. The summed E-state index contributed by atoms with van der Waals surface area (Å²) in [5.41, 5.74) is 5.61. The van der Waals surface area contributed by atoms with E-state index in [1.54, 1.807) is 19.9 Å². The highest BCUT2D eigenvalue weighted by Crippen LogP contribution is 2.06. The van der Waals surface area contributed by atoms with Crippen LogP contribution >= 0.6 is 0 Å². The maximum Gasteiger partial charge on any atom is 0.349 e. The van der Waals surface area contributed by atoms with E-state index in [0.29, 0.717) is 5.57 Å². The summed E-state index contributed by atoms with van der Waals surface area (Å²) in [6, 6.07) is 1.77. The van der Waals surface area contributed by atoms with Crippen molar-refractivity contribution in [3.8, 4) is 6.07 Å². The lowest BCUT2D eigenvalue weighted by molar-refractivity contribution is -0.138. The first kappa shape index (κ1) is 11.2. The predicted molar refractivity (Wildman–Crippen MR) is 48.3 cm³/mol. The Labute approximate surface area is 77.3 Å². The molecule has 0 fully saturated rings. The number of hydrogen-bond acceptors (Lipinski definition) is 4. The van der Waals surface area contributed by atoms with E-state index >= 15 is 0 Å². The third-order valence-corrected chi connectivity index (χ3v) is 1.33. The van der Waals surface area contributed by atoms with Crippen LogP contribution in [-0.2, 0) is 9.53 Å². The number of nitrogens with two attached hydrogens (primary N) is 1. The van der Waals surface area contributed by atoms with Gasteiger partial charge in [-0.15, -0.1) is 0 Å². The molecule has 0 saturated heterocycles. The summed E-state index contributed by atoms with van der Waals surface area (Å²) < 4.78 is 4.67. The van der Waals surface area contributed by atoms with Crippen LogP contribution in [0.2, 0.25) is 0 Å². The van der Waals surface area contributed by atoms with Crippen LogP contribution in [0.25, 0.3) is 0 Å². The monoisotopic (exact) mass is 180 g/mol. The minimum atomic E-state index is -0.611. The summed E-state index contributed by atoms with van der Waals surface area (Å²) in [6.07, 6.45) is 2.75. The predicted octanol–water partition coefficient (Wildman–Crippen LogP) is 0.862. The fraction of sp³-hybridized carbons (Fsp3) is 0.333. The van der Waals surface area contributed by atoms with E-state index in [2.05, 4.69) is 4.74 Å². The van der Waals surface area contributed by atoms with Crippen LogP contribution in [0.5, 0.6) is 0 Å². The first-order valence-corrected chi connectivity index (χ1v) is 3.83. The van der Waals surface area contributed by atoms with Crippen LogP contribution < -0.4 is 5.73 Å². The summed E-state index contributed by atoms with van der Waals surface area (Å²) in [4.78, 5) is 11.1. The summed E-state index contributed by atoms with van der Waals surface area (Å²) in [5.74, 6) is -0.611. The zero-order valence-corrected chi connectivity index (χ0v) is 7.70. The van der Waals surface area contributed by atoms with Gasteiger partial charge in [-0.25, -0.2) is 4.79 Å². The minimum Gasteiger partial charge on any atom is -0.462 e. The molecule has 0 spiro atoms. The highest BCUT2D eigenvalue weighted by Gasteiger charge is 2.11. The zero-order valence-electron chi connectivity index (χ0n) is 7.70. The quantitative estimate of drug-likeness (QED) is 0.302. The molecule has 0 unspecified atom stereocenters. The third kappa shape index (κ3) is 3.43. The Morgan fingerprint density at radius 3 is 2.69 bits per heavy atom. The molecule has 0 aliphatic rings. The summed E-state index contributed by atoms with van der Waals surface area (Å²) in [6.45, 7) is 3.56. The van der Waals surface area contributed by atoms with E-state index in [0.717, 1.165) is 0 Å². The topological polar surface area (TPSA) is 76.1 Å². The Hall–Kier alpha value is -1.76. The van der Waals surface area contributed by atoms with E-state index in [-0.39, 0.29) is 12.2 Å². The lowest BCUT2D eigenvalue weighted by atomic mass is 10.1. The maximum atomic E-state index is 11.1. The van der Waals surface area contributed by atoms with Crippen LogP contribution in [0.3, 0.4) is 0 Å². The molecule has 0 bridgehead atoms. The van der Waals surface area contributed by atoms with E-state index < -0.39 is 5.97 Å². The number of carbonyl (C=O) groups is 1. The van der Waals surface area contributed by atoms with Crippen LogP contribution in [0, 0.1) is 11.3 Å². The number of allylic oxidation sites excluding steroid dienone is 2. The van der Waals surface area contributed by atoms with Gasteiger partial charge in [0.05, 0.1) is 6.61 Å². The van der Waals surface area contributed by atoms with Gasteiger partial charge in [0.25, 0.3) is 0 Å². The second kappa shape index (κ2) is 5.84. The molecule has 4 nitrogen and oxygen atoms in total. The van der Waals surface area contributed by atoms with Gasteiger partial charge < -0.3 is 10.5 Å². The summed E-state index contributed by atoms with van der Waals surface area (Å²) in [5, 5.41) is 8.64. The molecule has 4 heteroatoms. The van der Waals surface area contributed by atoms with Gasteiger partial charge >= 0.3 is 5.97 Å². The molecular weight excluding hydrogens is 168 g/mol. The Morgan fingerprint density at radius 1 is 1.69 bits per heavy atom. The largest absolute Gasteiger partial charge is 0.462 e. The number of nitrogens with zero attached hydrogens (tertiary/aromatic N) is 1. The van der Waals surface area contributed by atoms with E-state index in [1.807, 2.05) is 0 Å². The average Bonchev–Trinajstić information content (AvgIpc) is 2.06. The average molecular weight is 180 g/mol. The van der Waals surface area contributed by atoms with Gasteiger partial charge in [-0.2, -0.15) is 5.26 Å². The third-order valence-electron chi connectivity index (χ3n) is 1.33. The second-order valence-corrected chi connectivity index (χ2v) is 2.25. The van der Waals surface area contributed by atoms with Crippen LogP contribution in [0.4, 0.5) is 0 Å². The van der Waals surface area contributed by atoms with Gasteiger partial charge in [0.15, 0.2) is 0 Å². The summed E-state index contributed by atoms with van der Waals surface area (Å²) in [7, 11) is 0. The normalized spacial score (nSPS) is 12.1. The number of hydrogen-bond donors (Lipinski definition) is 1. The number of esters is 1. The molecule has 0 aromatic rings. The molecule has 0 rings (SSSR count). The first-order chi connectivity index (χ1) is 6.17. The molecule has 0 amide bonds. The molecule has 0 heterocycles. The van der Waals surface area contributed by atoms with Gasteiger partial charge in [0.2, 0.25) is 0 Å². The standard InChI is InChI=1S/C9H12N2O2/c1-3-13-9(12)8(6-11)7(2)4-5-10/h4-5H,3,10H2,1-2H3/b5-4+,8-7+. The van der Waals surface area contributed by atoms with E-state index in [1.165, 1.54) is 12.3 Å². The van der Waals surface area contributed by atoms with Crippen molar-refractivity contribution in [1.29, 1.82) is 5.26 Å². The molecule has 13 heavy (non-hydrogen) atoms. The smallest absolute Gasteiger partial charge is 0.349 e. The molecule has 0 atom stereocenters. The molecule has 0 aromatic carbocycles. The molecular formula is C9H12N2O2. The Morgan fingerprint density at radius 2 is 2.31 bits per heavy atom. The van der Waals surface area contributed by atoms with Crippen molar-refractivity contribution in [2.45, 2.75) is 13.8 Å². The van der Waals surface area contributed by atoms with Crippen molar-refractivity contribution in [3.05, 3.63) is 23.4 Å². The molecule has 70 valence electrons. The second-order valence-electron chi connectivity index (χ2n) is 2.25. The fourth-order valence-corrected chi connectivity index (χ4v) is 0.726. The number of carbonyl (C=O) groups excluding carboxylic acids is 1. The Bertz CT molecular complexity index is 284. The molecule has 2 N–H and O–H groups in total. The van der Waals surface area contributed by atoms with E-state index in [9.17, 15) is 4.79 Å². The van der Waals surface area contributed by atoms with Crippen molar-refractivity contribution < 1.29 is 9.53 Å². The zero-order chi connectivity index (χ0) is 10.3. The van der Waals surface area contributed by atoms with Crippen LogP contribution in [-0.4, -0.2) is 12.6 Å². The Kier molecular flexibility index (Phi) is 5.05. The highest BCUT2D eigenvalue weighted by atomic mass is 16.5. The maximum absolute atomic E-state index is 11.1. The van der Waals surface area contributed by atoms with Gasteiger partial charge in [-0.05, 0) is 31.7 Å². The molecule has 0 aliphatic carbocycles. The lowest BCUT2D eigenvalue weighted by Gasteiger charge is -2.00. The van der Waals surface area contributed by atoms with Gasteiger partial charge in [0.1, 0.15) is 11.6 Å². The van der Waals surface area contributed by atoms with Crippen molar-refractivity contribution >= 4 is 5.97 Å². The molecule has 0 aromatic heterocycles. The van der Waals surface area contributed by atoms with Crippen molar-refractivity contribution in [1.82, 2.24) is 0 Å². The van der Waals surface area contributed by atoms with Crippen molar-refractivity contribution in [2.75, 3.05) is 6.61 Å². The minimum absolute atomic E-state index is 0.0106. The van der Waals surface area contributed by atoms with Gasteiger partial charge in [-0.1, -0.05) is 0 Å². The molecule has 0 radical (unpaired) electrons. The first-order valence-electron chi connectivity index (χ1n) is 3.83. The van der Waals surface area contributed by atoms with E-state index in [4.69, 9.17) is 11.0 Å². The SMILES string of the molecule is CCOC(=O)/C(C#N)=C(C)/C=C/N.